The van der Waals surface area contributed by atoms with Crippen LogP contribution in [0.4, 0.5) is 0 Å². The summed E-state index contributed by atoms with van der Waals surface area (Å²) in [6, 6.07) is 7.32. The molecule has 1 atom stereocenters. The van der Waals surface area contributed by atoms with Gasteiger partial charge in [0, 0.05) is 11.4 Å². The van der Waals surface area contributed by atoms with Crippen LogP contribution >= 0.6 is 11.8 Å². The van der Waals surface area contributed by atoms with Gasteiger partial charge in [-0.1, -0.05) is 12.1 Å². The molecule has 0 saturated carbocycles. The molecule has 1 amide bonds. The van der Waals surface area contributed by atoms with Gasteiger partial charge in [0.05, 0.1) is 31.4 Å². The summed E-state index contributed by atoms with van der Waals surface area (Å²) in [5.41, 5.74) is 0.699. The van der Waals surface area contributed by atoms with E-state index >= 15 is 0 Å². The molecule has 0 aromatic heterocycles. The van der Waals surface area contributed by atoms with Gasteiger partial charge in [0.15, 0.2) is 0 Å². The molecule has 1 aromatic carbocycles. The molecule has 1 fully saturated rings. The Labute approximate surface area is 111 Å². The first-order chi connectivity index (χ1) is 8.77. The number of hydrogen-bond acceptors (Lipinski definition) is 4. The van der Waals surface area contributed by atoms with Crippen molar-refractivity contribution < 1.29 is 14.6 Å². The molecule has 0 aliphatic carbocycles. The van der Waals surface area contributed by atoms with Crippen molar-refractivity contribution >= 4 is 17.7 Å². The Hall–Kier alpha value is -1.04. The van der Waals surface area contributed by atoms with Gasteiger partial charge in [-0.05, 0) is 18.4 Å². The molecule has 0 spiro atoms. The standard InChI is InChI=1S/C13H17NO3S/c1-18-12-5-3-2-4-11(12)13(16)14-6-7-17-9-10(14)8-15/h2-5,10,15H,6-9H2,1H3. The molecule has 1 aliphatic rings. The Kier molecular flexibility index (Phi) is 4.63. The van der Waals surface area contributed by atoms with E-state index in [1.54, 1.807) is 16.7 Å². The summed E-state index contributed by atoms with van der Waals surface area (Å²) in [5, 5.41) is 9.30. The highest BCUT2D eigenvalue weighted by Gasteiger charge is 2.28. The molecule has 1 aromatic rings. The fraction of sp³-hybridized carbons (Fsp3) is 0.462. The normalized spacial score (nSPS) is 19.9. The summed E-state index contributed by atoms with van der Waals surface area (Å²) in [6.07, 6.45) is 1.95. The van der Waals surface area contributed by atoms with Crippen LogP contribution in [0.5, 0.6) is 0 Å². The van der Waals surface area contributed by atoms with Crippen LogP contribution in [0.25, 0.3) is 0 Å². The molecule has 1 unspecified atom stereocenters. The van der Waals surface area contributed by atoms with Gasteiger partial charge in [-0.25, -0.2) is 0 Å². The number of carbonyl (C=O) groups excluding carboxylic acids is 1. The second-order valence-electron chi connectivity index (χ2n) is 4.11. The molecule has 2 rings (SSSR count). The molecule has 18 heavy (non-hydrogen) atoms. The lowest BCUT2D eigenvalue weighted by Crippen LogP contribution is -2.50. The van der Waals surface area contributed by atoms with Gasteiger partial charge in [-0.15, -0.1) is 11.8 Å². The maximum absolute atomic E-state index is 12.5. The number of nitrogens with zero attached hydrogens (tertiary/aromatic N) is 1. The molecule has 1 heterocycles. The van der Waals surface area contributed by atoms with Crippen LogP contribution in [0.3, 0.4) is 0 Å². The zero-order valence-electron chi connectivity index (χ0n) is 10.3. The molecule has 5 heteroatoms. The van der Waals surface area contributed by atoms with Gasteiger partial charge in [0.2, 0.25) is 0 Å². The van der Waals surface area contributed by atoms with E-state index in [0.717, 1.165) is 4.90 Å². The van der Waals surface area contributed by atoms with Crippen molar-refractivity contribution in [2.24, 2.45) is 0 Å². The third kappa shape index (κ3) is 2.68. The van der Waals surface area contributed by atoms with Crippen molar-refractivity contribution in [2.45, 2.75) is 10.9 Å². The maximum atomic E-state index is 12.5. The average molecular weight is 267 g/mol. The third-order valence-electron chi connectivity index (χ3n) is 3.04. The Bertz CT molecular complexity index is 424. The molecule has 1 saturated heterocycles. The highest BCUT2D eigenvalue weighted by molar-refractivity contribution is 7.98. The van der Waals surface area contributed by atoms with E-state index in [9.17, 15) is 9.90 Å². The first kappa shape index (κ1) is 13.4. The van der Waals surface area contributed by atoms with Crippen LogP contribution in [0, 0.1) is 0 Å². The predicted octanol–water partition coefficient (Wildman–Crippen LogP) is 1.24. The lowest BCUT2D eigenvalue weighted by Gasteiger charge is -2.34. The van der Waals surface area contributed by atoms with Gasteiger partial charge >= 0.3 is 0 Å². The Balaban J connectivity index is 2.24. The zero-order valence-corrected chi connectivity index (χ0v) is 11.2. The van der Waals surface area contributed by atoms with Crippen molar-refractivity contribution in [1.82, 2.24) is 4.90 Å². The van der Waals surface area contributed by atoms with Crippen molar-refractivity contribution in [3.63, 3.8) is 0 Å². The topological polar surface area (TPSA) is 49.8 Å². The molecular formula is C13H17NO3S. The van der Waals surface area contributed by atoms with Crippen molar-refractivity contribution in [3.8, 4) is 0 Å². The van der Waals surface area contributed by atoms with Crippen molar-refractivity contribution in [3.05, 3.63) is 29.8 Å². The van der Waals surface area contributed by atoms with E-state index in [4.69, 9.17) is 4.74 Å². The number of ether oxygens (including phenoxy) is 1. The number of benzene rings is 1. The van der Waals surface area contributed by atoms with E-state index in [1.807, 2.05) is 30.5 Å². The number of aliphatic hydroxyl groups excluding tert-OH is 1. The number of rotatable bonds is 3. The summed E-state index contributed by atoms with van der Waals surface area (Å²) < 4.78 is 5.29. The monoisotopic (exact) mass is 267 g/mol. The molecule has 0 radical (unpaired) electrons. The molecule has 0 bridgehead atoms. The van der Waals surface area contributed by atoms with E-state index in [0.29, 0.717) is 25.3 Å². The molecule has 1 aliphatic heterocycles. The van der Waals surface area contributed by atoms with Gasteiger partial charge in [-0.3, -0.25) is 4.79 Å². The largest absolute Gasteiger partial charge is 0.394 e. The van der Waals surface area contributed by atoms with Crippen LogP contribution in [-0.4, -0.2) is 54.6 Å². The van der Waals surface area contributed by atoms with Crippen molar-refractivity contribution in [2.75, 3.05) is 32.6 Å². The zero-order chi connectivity index (χ0) is 13.0. The molecule has 1 N–H and O–H groups in total. The predicted molar refractivity (Wildman–Crippen MR) is 71.0 cm³/mol. The average Bonchev–Trinajstić information content (AvgIpc) is 2.46. The van der Waals surface area contributed by atoms with Crippen LogP contribution in [0.15, 0.2) is 29.2 Å². The van der Waals surface area contributed by atoms with Crippen LogP contribution in [0.1, 0.15) is 10.4 Å². The van der Waals surface area contributed by atoms with Gasteiger partial charge < -0.3 is 14.7 Å². The number of morpholine rings is 1. The van der Waals surface area contributed by atoms with E-state index < -0.39 is 0 Å². The van der Waals surface area contributed by atoms with E-state index in [2.05, 4.69) is 0 Å². The maximum Gasteiger partial charge on any atom is 0.255 e. The first-order valence-electron chi connectivity index (χ1n) is 5.90. The number of amides is 1. The summed E-state index contributed by atoms with van der Waals surface area (Å²) in [7, 11) is 0. The second-order valence-corrected chi connectivity index (χ2v) is 4.96. The number of thioether (sulfide) groups is 1. The number of hydrogen-bond donors (Lipinski definition) is 1. The quantitative estimate of drug-likeness (QED) is 0.837. The Morgan fingerprint density at radius 1 is 1.56 bits per heavy atom. The first-order valence-corrected chi connectivity index (χ1v) is 7.13. The summed E-state index contributed by atoms with van der Waals surface area (Å²) in [4.78, 5) is 15.2. The second kappa shape index (κ2) is 6.22. The van der Waals surface area contributed by atoms with Gasteiger partial charge in [0.1, 0.15) is 0 Å². The van der Waals surface area contributed by atoms with E-state index in [1.165, 1.54) is 0 Å². The summed E-state index contributed by atoms with van der Waals surface area (Å²) >= 11 is 1.56. The smallest absolute Gasteiger partial charge is 0.255 e. The molecule has 4 nitrogen and oxygen atoms in total. The highest BCUT2D eigenvalue weighted by atomic mass is 32.2. The van der Waals surface area contributed by atoms with Crippen LogP contribution in [-0.2, 0) is 4.74 Å². The minimum absolute atomic E-state index is 0.0256. The number of carbonyl (C=O) groups is 1. The lowest BCUT2D eigenvalue weighted by atomic mass is 10.1. The fourth-order valence-corrected chi connectivity index (χ4v) is 2.64. The minimum Gasteiger partial charge on any atom is -0.394 e. The summed E-state index contributed by atoms with van der Waals surface area (Å²) in [6.45, 7) is 1.41. The summed E-state index contributed by atoms with van der Waals surface area (Å²) in [5.74, 6) is -0.0256. The Morgan fingerprint density at radius 3 is 3.06 bits per heavy atom. The minimum atomic E-state index is -0.235. The van der Waals surface area contributed by atoms with Gasteiger partial charge in [0.25, 0.3) is 5.91 Å². The lowest BCUT2D eigenvalue weighted by molar-refractivity contribution is -0.0185. The van der Waals surface area contributed by atoms with Crippen molar-refractivity contribution in [1.29, 1.82) is 0 Å². The van der Waals surface area contributed by atoms with Crippen LogP contribution < -0.4 is 0 Å². The van der Waals surface area contributed by atoms with Gasteiger partial charge in [-0.2, -0.15) is 0 Å². The third-order valence-corrected chi connectivity index (χ3v) is 3.83. The Morgan fingerprint density at radius 2 is 2.33 bits per heavy atom. The molecular weight excluding hydrogens is 250 g/mol. The molecule has 98 valence electrons. The van der Waals surface area contributed by atoms with E-state index in [-0.39, 0.29) is 18.6 Å². The highest BCUT2D eigenvalue weighted by Crippen LogP contribution is 2.22. The number of aliphatic hydroxyl groups is 1. The fourth-order valence-electron chi connectivity index (χ4n) is 2.05. The SMILES string of the molecule is CSc1ccccc1C(=O)N1CCOCC1CO. The van der Waals surface area contributed by atoms with Crippen LogP contribution in [0.2, 0.25) is 0 Å².